The summed E-state index contributed by atoms with van der Waals surface area (Å²) in [7, 11) is -8.12. The Bertz CT molecular complexity index is 1440. The van der Waals surface area contributed by atoms with Gasteiger partial charge in [0, 0.05) is 6.54 Å². The first-order valence-electron chi connectivity index (χ1n) is 19.0. The summed E-state index contributed by atoms with van der Waals surface area (Å²) in [6, 6.07) is 9.92. The normalized spacial score (nSPS) is 12.3. The summed E-state index contributed by atoms with van der Waals surface area (Å²) < 4.78 is 72.3. The molecule has 0 heterocycles. The Kier molecular flexibility index (Phi) is 19.7. The topological polar surface area (TPSA) is 111 Å². The largest absolute Gasteiger partial charge is 0.492 e. The predicted octanol–water partition coefficient (Wildman–Crippen LogP) is 10.5. The molecule has 0 saturated carbocycles. The van der Waals surface area contributed by atoms with Crippen molar-refractivity contribution in [2.75, 3.05) is 24.5 Å². The Morgan fingerprint density at radius 2 is 1.06 bits per heavy atom. The molecule has 2 aromatic carbocycles. The Labute approximate surface area is 299 Å². The van der Waals surface area contributed by atoms with Crippen molar-refractivity contribution in [1.82, 2.24) is 4.72 Å². The Morgan fingerprint density at radius 3 is 1.61 bits per heavy atom. The minimum Gasteiger partial charge on any atom is -0.492 e. The highest BCUT2D eigenvalue weighted by atomic mass is 32.2. The Morgan fingerprint density at radius 1 is 0.571 bits per heavy atom. The molecule has 0 fully saturated rings. The molecule has 10 heteroatoms. The Balaban J connectivity index is 2.39. The van der Waals surface area contributed by atoms with Crippen molar-refractivity contribution >= 4 is 25.7 Å². The van der Waals surface area contributed by atoms with Gasteiger partial charge in [0.2, 0.25) is 10.0 Å². The highest BCUT2D eigenvalue weighted by molar-refractivity contribution is 7.92. The van der Waals surface area contributed by atoms with E-state index >= 15 is 0 Å². The molecule has 0 radical (unpaired) electrons. The van der Waals surface area contributed by atoms with E-state index in [4.69, 9.17) is 9.47 Å². The van der Waals surface area contributed by atoms with Gasteiger partial charge in [-0.05, 0) is 67.0 Å². The van der Waals surface area contributed by atoms with Crippen LogP contribution >= 0.6 is 0 Å². The number of benzene rings is 2. The third kappa shape index (κ3) is 15.2. The fourth-order valence-electron chi connectivity index (χ4n) is 5.77. The molecule has 49 heavy (non-hydrogen) atoms. The summed E-state index contributed by atoms with van der Waals surface area (Å²) in [6.45, 7) is 13.8. The number of hydrogen-bond donors (Lipinski definition) is 2. The van der Waals surface area contributed by atoms with Gasteiger partial charge >= 0.3 is 0 Å². The van der Waals surface area contributed by atoms with Gasteiger partial charge in [-0.25, -0.2) is 21.6 Å². The van der Waals surface area contributed by atoms with Crippen molar-refractivity contribution in [2.24, 2.45) is 0 Å². The van der Waals surface area contributed by atoms with Crippen LogP contribution in [0.25, 0.3) is 0 Å². The van der Waals surface area contributed by atoms with E-state index in [2.05, 4.69) is 44.1 Å². The van der Waals surface area contributed by atoms with Gasteiger partial charge in [-0.2, -0.15) is 0 Å². The fraction of sp³-hybridized carbons (Fsp3) is 0.692. The van der Waals surface area contributed by atoms with Gasteiger partial charge in [0.15, 0.2) is 0 Å². The summed E-state index contributed by atoms with van der Waals surface area (Å²) in [4.78, 5) is -0.0334. The lowest BCUT2D eigenvalue weighted by atomic mass is 9.80. The minimum absolute atomic E-state index is 0.0523. The van der Waals surface area contributed by atoms with E-state index in [0.717, 1.165) is 69.8 Å². The van der Waals surface area contributed by atoms with E-state index in [-0.39, 0.29) is 33.2 Å². The standard InChI is InChI=1S/C39H66N2O6S2/c1-7-11-14-16-18-21-29-46-35-25-23-33(39(5,6)27-20-13-9-3)31-37(35)49(44,45)41-34-24-26-36(47-30-22-19-17-15-12-8-2)38(32-34)48(42,43)40-28-10-4/h23-26,31-32,40-41H,7-22,27-30H2,1-6H3. The summed E-state index contributed by atoms with van der Waals surface area (Å²) in [5.74, 6) is 0.504. The van der Waals surface area contributed by atoms with E-state index in [9.17, 15) is 16.8 Å². The zero-order valence-electron chi connectivity index (χ0n) is 31.4. The van der Waals surface area contributed by atoms with Gasteiger partial charge < -0.3 is 9.47 Å². The molecule has 0 bridgehead atoms. The maximum absolute atomic E-state index is 14.1. The minimum atomic E-state index is -4.16. The quantitative estimate of drug-likeness (QED) is 0.0846. The molecule has 0 saturated heterocycles. The van der Waals surface area contributed by atoms with Crippen LogP contribution in [0, 0.1) is 0 Å². The van der Waals surface area contributed by atoms with E-state index in [1.165, 1.54) is 44.6 Å². The van der Waals surface area contributed by atoms with Crippen LogP contribution in [0.1, 0.15) is 156 Å². The molecule has 0 aliphatic rings. The lowest BCUT2D eigenvalue weighted by Crippen LogP contribution is -2.25. The third-order valence-corrected chi connectivity index (χ3v) is 11.8. The van der Waals surface area contributed by atoms with E-state index in [1.807, 2.05) is 13.0 Å². The number of hydrogen-bond acceptors (Lipinski definition) is 6. The average Bonchev–Trinajstić information content (AvgIpc) is 3.07. The van der Waals surface area contributed by atoms with Gasteiger partial charge in [0.1, 0.15) is 21.3 Å². The van der Waals surface area contributed by atoms with Crippen LogP contribution in [0.15, 0.2) is 46.2 Å². The second-order valence-corrected chi connectivity index (χ2v) is 17.3. The number of unbranched alkanes of at least 4 members (excludes halogenated alkanes) is 12. The SMILES string of the molecule is CCCCCCCCOc1ccc(NS(=O)(=O)c2cc(C(C)(C)CCCCC)ccc2OCCCCCCCC)cc1S(=O)(=O)NCCC. The third-order valence-electron chi connectivity index (χ3n) is 8.96. The number of sulfonamides is 2. The predicted molar refractivity (Wildman–Crippen MR) is 204 cm³/mol. The molecule has 2 rings (SSSR count). The van der Waals surface area contributed by atoms with Crippen molar-refractivity contribution in [3.63, 3.8) is 0 Å². The molecule has 8 nitrogen and oxygen atoms in total. The first-order valence-corrected chi connectivity index (χ1v) is 21.9. The van der Waals surface area contributed by atoms with Crippen LogP contribution in [0.2, 0.25) is 0 Å². The van der Waals surface area contributed by atoms with Crippen LogP contribution in [0.3, 0.4) is 0 Å². The zero-order valence-corrected chi connectivity index (χ0v) is 33.0. The molecule has 0 aromatic heterocycles. The average molecular weight is 723 g/mol. The molecule has 280 valence electrons. The van der Waals surface area contributed by atoms with Crippen LogP contribution in [0.4, 0.5) is 5.69 Å². The summed E-state index contributed by atoms with van der Waals surface area (Å²) >= 11 is 0. The van der Waals surface area contributed by atoms with Gasteiger partial charge in [-0.1, -0.05) is 131 Å². The van der Waals surface area contributed by atoms with E-state index in [0.29, 0.717) is 25.4 Å². The summed E-state index contributed by atoms with van der Waals surface area (Å²) in [5, 5.41) is 0. The smallest absolute Gasteiger partial charge is 0.265 e. The van der Waals surface area contributed by atoms with Crippen molar-refractivity contribution in [2.45, 2.75) is 166 Å². The second kappa shape index (κ2) is 22.5. The van der Waals surface area contributed by atoms with Crippen molar-refractivity contribution in [3.05, 3.63) is 42.0 Å². The van der Waals surface area contributed by atoms with Gasteiger partial charge in [0.05, 0.1) is 18.9 Å². The molecule has 0 unspecified atom stereocenters. The highest BCUT2D eigenvalue weighted by Crippen LogP contribution is 2.36. The number of nitrogens with one attached hydrogen (secondary N) is 2. The van der Waals surface area contributed by atoms with Crippen molar-refractivity contribution in [1.29, 1.82) is 0 Å². The fourth-order valence-corrected chi connectivity index (χ4v) is 8.30. The molecular weight excluding hydrogens is 657 g/mol. The maximum atomic E-state index is 14.1. The lowest BCUT2D eigenvalue weighted by molar-refractivity contribution is 0.296. The van der Waals surface area contributed by atoms with Crippen LogP contribution in [-0.4, -0.2) is 36.6 Å². The number of anilines is 1. The van der Waals surface area contributed by atoms with Gasteiger partial charge in [0.25, 0.3) is 10.0 Å². The van der Waals surface area contributed by atoms with Gasteiger partial charge in [-0.15, -0.1) is 0 Å². The molecule has 0 aliphatic heterocycles. The van der Waals surface area contributed by atoms with E-state index in [1.54, 1.807) is 24.3 Å². The molecule has 0 atom stereocenters. The van der Waals surface area contributed by atoms with Gasteiger partial charge in [-0.3, -0.25) is 4.72 Å². The first-order chi connectivity index (χ1) is 23.4. The summed E-state index contributed by atoms with van der Waals surface area (Å²) in [6.07, 6.45) is 17.9. The number of ether oxygens (including phenoxy) is 2. The van der Waals surface area contributed by atoms with Crippen LogP contribution < -0.4 is 18.9 Å². The molecule has 0 spiro atoms. The van der Waals surface area contributed by atoms with Crippen molar-refractivity contribution in [3.8, 4) is 11.5 Å². The monoisotopic (exact) mass is 722 g/mol. The summed E-state index contributed by atoms with van der Waals surface area (Å²) in [5.41, 5.74) is 0.818. The number of rotatable bonds is 28. The van der Waals surface area contributed by atoms with Crippen LogP contribution in [0.5, 0.6) is 11.5 Å². The molecule has 2 aromatic rings. The second-order valence-electron chi connectivity index (χ2n) is 13.9. The van der Waals surface area contributed by atoms with Crippen molar-refractivity contribution < 1.29 is 26.3 Å². The molecular formula is C39H66N2O6S2. The van der Waals surface area contributed by atoms with E-state index < -0.39 is 20.0 Å². The molecule has 0 aliphatic carbocycles. The Hall–Kier alpha value is -2.30. The van der Waals surface area contributed by atoms with Crippen LogP contribution in [-0.2, 0) is 25.5 Å². The highest BCUT2D eigenvalue weighted by Gasteiger charge is 2.28. The maximum Gasteiger partial charge on any atom is 0.265 e. The first kappa shape index (κ1) is 42.9. The molecule has 0 amide bonds. The lowest BCUT2D eigenvalue weighted by Gasteiger charge is -2.26. The molecule has 2 N–H and O–H groups in total. The zero-order chi connectivity index (χ0) is 36.2.